The molecule has 100 valence electrons. The summed E-state index contributed by atoms with van der Waals surface area (Å²) in [5.41, 5.74) is 0. The van der Waals surface area contributed by atoms with Gasteiger partial charge in [0.2, 0.25) is 5.91 Å². The third-order valence-corrected chi connectivity index (χ3v) is 5.70. The minimum absolute atomic E-state index is 0.172. The van der Waals surface area contributed by atoms with E-state index in [9.17, 15) is 4.79 Å². The number of thiophene rings is 1. The van der Waals surface area contributed by atoms with Crippen LogP contribution in [0.15, 0.2) is 12.1 Å². The predicted molar refractivity (Wildman–Crippen MR) is 80.7 cm³/mol. The van der Waals surface area contributed by atoms with Gasteiger partial charge in [0.15, 0.2) is 0 Å². The third-order valence-electron chi connectivity index (χ3n) is 3.31. The van der Waals surface area contributed by atoms with Crippen molar-refractivity contribution < 1.29 is 4.79 Å². The highest BCUT2D eigenvalue weighted by Crippen LogP contribution is 2.28. The van der Waals surface area contributed by atoms with Gasteiger partial charge in [0.05, 0.1) is 4.34 Å². The van der Waals surface area contributed by atoms with Gasteiger partial charge in [-0.3, -0.25) is 4.79 Å². The minimum Gasteiger partial charge on any atom is -0.353 e. The summed E-state index contributed by atoms with van der Waals surface area (Å²) in [7, 11) is 0. The fourth-order valence-electron chi connectivity index (χ4n) is 2.31. The Bertz CT molecular complexity index is 407. The summed E-state index contributed by atoms with van der Waals surface area (Å²) in [5.74, 6) is 0.172. The Morgan fingerprint density at radius 3 is 3.00 bits per heavy atom. The average Bonchev–Trinajstić information content (AvgIpc) is 2.95. The highest BCUT2D eigenvalue weighted by Gasteiger charge is 2.24. The number of amides is 1. The minimum atomic E-state index is 0.172. The van der Waals surface area contributed by atoms with E-state index in [2.05, 4.69) is 11.6 Å². The van der Waals surface area contributed by atoms with Crippen molar-refractivity contribution in [3.8, 4) is 0 Å². The van der Waals surface area contributed by atoms with Crippen LogP contribution in [0.5, 0.6) is 0 Å². The van der Waals surface area contributed by atoms with E-state index in [1.165, 1.54) is 11.3 Å². The van der Waals surface area contributed by atoms with Crippen molar-refractivity contribution in [2.45, 2.75) is 43.4 Å². The van der Waals surface area contributed by atoms with E-state index in [1.807, 2.05) is 23.9 Å². The SMILES string of the molecule is CS[C@H]1CC[C@@H](NC(=O)CCc2ccc(Cl)s2)C1. The fourth-order valence-corrected chi connectivity index (χ4v) is 4.19. The summed E-state index contributed by atoms with van der Waals surface area (Å²) in [6, 6.07) is 4.28. The number of halogens is 1. The van der Waals surface area contributed by atoms with Gasteiger partial charge in [0, 0.05) is 22.6 Å². The first kappa shape index (κ1) is 14.2. The zero-order valence-electron chi connectivity index (χ0n) is 10.4. The van der Waals surface area contributed by atoms with Crippen LogP contribution in [0.1, 0.15) is 30.6 Å². The molecule has 1 aromatic rings. The lowest BCUT2D eigenvalue weighted by Crippen LogP contribution is -2.33. The van der Waals surface area contributed by atoms with Crippen LogP contribution in [-0.2, 0) is 11.2 Å². The monoisotopic (exact) mass is 303 g/mol. The summed E-state index contributed by atoms with van der Waals surface area (Å²) in [4.78, 5) is 13.0. The van der Waals surface area contributed by atoms with E-state index >= 15 is 0 Å². The highest BCUT2D eigenvalue weighted by molar-refractivity contribution is 7.99. The summed E-state index contributed by atoms with van der Waals surface area (Å²) in [5, 5.41) is 3.87. The second kappa shape index (κ2) is 6.83. The summed E-state index contributed by atoms with van der Waals surface area (Å²) in [6.45, 7) is 0. The Morgan fingerprint density at radius 1 is 1.56 bits per heavy atom. The van der Waals surface area contributed by atoms with Gasteiger partial charge in [-0.05, 0) is 44.1 Å². The molecule has 0 saturated heterocycles. The van der Waals surface area contributed by atoms with E-state index in [4.69, 9.17) is 11.6 Å². The molecule has 0 bridgehead atoms. The lowest BCUT2D eigenvalue weighted by atomic mass is 10.2. The fraction of sp³-hybridized carbons (Fsp3) is 0.615. The normalized spacial score (nSPS) is 23.2. The van der Waals surface area contributed by atoms with Crippen LogP contribution in [0.25, 0.3) is 0 Å². The van der Waals surface area contributed by atoms with Gasteiger partial charge in [-0.15, -0.1) is 11.3 Å². The Hall–Kier alpha value is -0.190. The molecule has 1 N–H and O–H groups in total. The van der Waals surface area contributed by atoms with E-state index in [0.29, 0.717) is 12.5 Å². The van der Waals surface area contributed by atoms with Crippen molar-refractivity contribution in [1.29, 1.82) is 0 Å². The number of hydrogen-bond donors (Lipinski definition) is 1. The molecule has 0 aliphatic heterocycles. The van der Waals surface area contributed by atoms with Gasteiger partial charge in [-0.25, -0.2) is 0 Å². The maximum absolute atomic E-state index is 11.8. The van der Waals surface area contributed by atoms with Crippen LogP contribution in [0, 0.1) is 0 Å². The highest BCUT2D eigenvalue weighted by atomic mass is 35.5. The molecule has 5 heteroatoms. The quantitative estimate of drug-likeness (QED) is 0.898. The molecule has 0 aromatic carbocycles. The van der Waals surface area contributed by atoms with Crippen molar-refractivity contribution >= 4 is 40.6 Å². The Kier molecular flexibility index (Phi) is 5.39. The lowest BCUT2D eigenvalue weighted by Gasteiger charge is -2.12. The molecular weight excluding hydrogens is 286 g/mol. The van der Waals surface area contributed by atoms with Crippen molar-refractivity contribution in [2.75, 3.05) is 6.26 Å². The molecule has 2 atom stereocenters. The molecule has 1 heterocycles. The van der Waals surface area contributed by atoms with Gasteiger partial charge in [-0.1, -0.05) is 11.6 Å². The Balaban J connectivity index is 1.69. The van der Waals surface area contributed by atoms with Crippen LogP contribution in [0.4, 0.5) is 0 Å². The Morgan fingerprint density at radius 2 is 2.39 bits per heavy atom. The Labute approximate surface area is 121 Å². The van der Waals surface area contributed by atoms with Crippen molar-refractivity contribution in [1.82, 2.24) is 5.32 Å². The van der Waals surface area contributed by atoms with Crippen LogP contribution in [0.2, 0.25) is 4.34 Å². The molecule has 18 heavy (non-hydrogen) atoms. The number of hydrogen-bond acceptors (Lipinski definition) is 3. The largest absolute Gasteiger partial charge is 0.353 e. The maximum atomic E-state index is 11.8. The van der Waals surface area contributed by atoms with Gasteiger partial charge in [0.25, 0.3) is 0 Å². The first-order chi connectivity index (χ1) is 8.67. The molecule has 2 rings (SSSR count). The third kappa shape index (κ3) is 4.18. The van der Waals surface area contributed by atoms with E-state index in [1.54, 1.807) is 11.3 Å². The average molecular weight is 304 g/mol. The van der Waals surface area contributed by atoms with Crippen LogP contribution < -0.4 is 5.32 Å². The molecule has 2 nitrogen and oxygen atoms in total. The topological polar surface area (TPSA) is 29.1 Å². The molecular formula is C13H18ClNOS2. The number of nitrogens with one attached hydrogen (secondary N) is 1. The predicted octanol–water partition coefficient (Wildman–Crippen LogP) is 3.73. The lowest BCUT2D eigenvalue weighted by molar-refractivity contribution is -0.121. The molecule has 1 aromatic heterocycles. The van der Waals surface area contributed by atoms with Crippen molar-refractivity contribution in [3.05, 3.63) is 21.3 Å². The number of carbonyl (C=O) groups is 1. The molecule has 1 fully saturated rings. The molecule has 0 radical (unpaired) electrons. The zero-order chi connectivity index (χ0) is 13.0. The zero-order valence-corrected chi connectivity index (χ0v) is 12.8. The van der Waals surface area contributed by atoms with Crippen LogP contribution in [0.3, 0.4) is 0 Å². The molecule has 1 amide bonds. The van der Waals surface area contributed by atoms with Gasteiger partial charge in [0.1, 0.15) is 0 Å². The number of rotatable bonds is 5. The first-order valence-electron chi connectivity index (χ1n) is 6.23. The standard InChI is InChI=1S/C13H18ClNOS2/c1-17-11-3-2-9(8-11)15-13(16)7-5-10-4-6-12(14)18-10/h4,6,9,11H,2-3,5,7-8H2,1H3,(H,15,16)/t9-,11+/m1/s1. The summed E-state index contributed by atoms with van der Waals surface area (Å²) >= 11 is 9.33. The van der Waals surface area contributed by atoms with E-state index < -0.39 is 0 Å². The molecule has 1 saturated carbocycles. The number of carbonyl (C=O) groups excluding carboxylic acids is 1. The molecule has 0 spiro atoms. The summed E-state index contributed by atoms with van der Waals surface area (Å²) in [6.07, 6.45) is 6.99. The molecule has 1 aliphatic rings. The van der Waals surface area contributed by atoms with Crippen molar-refractivity contribution in [2.24, 2.45) is 0 Å². The second-order valence-electron chi connectivity index (χ2n) is 4.64. The molecule has 0 unspecified atom stereocenters. The van der Waals surface area contributed by atoms with Crippen molar-refractivity contribution in [3.63, 3.8) is 0 Å². The van der Waals surface area contributed by atoms with Crippen LogP contribution >= 0.6 is 34.7 Å². The van der Waals surface area contributed by atoms with Crippen LogP contribution in [-0.4, -0.2) is 23.5 Å². The van der Waals surface area contributed by atoms with E-state index in [0.717, 1.165) is 28.8 Å². The first-order valence-corrected chi connectivity index (χ1v) is 8.72. The maximum Gasteiger partial charge on any atom is 0.220 e. The number of aryl methyl sites for hydroxylation is 1. The van der Waals surface area contributed by atoms with E-state index in [-0.39, 0.29) is 5.91 Å². The summed E-state index contributed by atoms with van der Waals surface area (Å²) < 4.78 is 0.795. The van der Waals surface area contributed by atoms with Gasteiger partial charge in [-0.2, -0.15) is 11.8 Å². The number of thioether (sulfide) groups is 1. The van der Waals surface area contributed by atoms with Gasteiger partial charge >= 0.3 is 0 Å². The molecule has 1 aliphatic carbocycles. The smallest absolute Gasteiger partial charge is 0.220 e. The second-order valence-corrected chi connectivity index (χ2v) is 7.58. The van der Waals surface area contributed by atoms with Gasteiger partial charge < -0.3 is 5.32 Å².